The van der Waals surface area contributed by atoms with Gasteiger partial charge in [0.25, 0.3) is 0 Å². The van der Waals surface area contributed by atoms with Crippen LogP contribution in [0.25, 0.3) is 0 Å². The van der Waals surface area contributed by atoms with E-state index in [1.807, 2.05) is 19.9 Å². The van der Waals surface area contributed by atoms with Crippen molar-refractivity contribution in [1.82, 2.24) is 0 Å². The molecule has 0 heterocycles. The van der Waals surface area contributed by atoms with Gasteiger partial charge in [-0.1, -0.05) is 13.8 Å². The second-order valence-electron chi connectivity index (χ2n) is 4.87. The molecule has 18 heavy (non-hydrogen) atoms. The van der Waals surface area contributed by atoms with Gasteiger partial charge in [0, 0.05) is 6.42 Å². The number of nitriles is 1. The molecule has 0 bridgehead atoms. The van der Waals surface area contributed by atoms with Crippen LogP contribution in [0.5, 0.6) is 5.75 Å². The zero-order chi connectivity index (χ0) is 13.8. The summed E-state index contributed by atoms with van der Waals surface area (Å²) in [6.07, 6.45) is 0.419. The van der Waals surface area contributed by atoms with Gasteiger partial charge in [-0.3, -0.25) is 0 Å². The number of carboxylic acid groups (broad SMARTS) is 1. The van der Waals surface area contributed by atoms with Crippen LogP contribution in [0.4, 0.5) is 0 Å². The molecule has 1 unspecified atom stereocenters. The fraction of sp³-hybridized carbons (Fsp3) is 0.429. The SMILES string of the molecule is CC(C)CC(C)(Oc1ccc(C#N)cc1)C(=O)O. The molecule has 1 N–H and O–H groups in total. The van der Waals surface area contributed by atoms with E-state index in [2.05, 4.69) is 0 Å². The van der Waals surface area contributed by atoms with Gasteiger partial charge in [-0.15, -0.1) is 0 Å². The Hall–Kier alpha value is -2.02. The van der Waals surface area contributed by atoms with E-state index in [1.54, 1.807) is 31.2 Å². The standard InChI is InChI=1S/C14H17NO3/c1-10(2)8-14(3,13(16)17)18-12-6-4-11(9-15)5-7-12/h4-7,10H,8H2,1-3H3,(H,16,17). The van der Waals surface area contributed by atoms with Crippen molar-refractivity contribution in [3.63, 3.8) is 0 Å². The van der Waals surface area contributed by atoms with Crippen molar-refractivity contribution in [2.75, 3.05) is 0 Å². The molecular formula is C14H17NO3. The van der Waals surface area contributed by atoms with Crippen molar-refractivity contribution >= 4 is 5.97 Å². The average molecular weight is 247 g/mol. The highest BCUT2D eigenvalue weighted by atomic mass is 16.5. The summed E-state index contributed by atoms with van der Waals surface area (Å²) in [5.74, 6) is -0.315. The van der Waals surface area contributed by atoms with E-state index < -0.39 is 11.6 Å². The zero-order valence-electron chi connectivity index (χ0n) is 10.8. The van der Waals surface area contributed by atoms with E-state index in [-0.39, 0.29) is 5.92 Å². The van der Waals surface area contributed by atoms with Crippen molar-refractivity contribution in [1.29, 1.82) is 5.26 Å². The Balaban J connectivity index is 2.90. The zero-order valence-corrected chi connectivity index (χ0v) is 10.8. The normalized spacial score (nSPS) is 13.7. The van der Waals surface area contributed by atoms with Gasteiger partial charge < -0.3 is 9.84 Å². The Labute approximate surface area is 107 Å². The number of nitrogens with zero attached hydrogens (tertiary/aromatic N) is 1. The van der Waals surface area contributed by atoms with Crippen LogP contribution in [0, 0.1) is 17.2 Å². The molecule has 0 spiro atoms. The lowest BCUT2D eigenvalue weighted by Gasteiger charge is -2.28. The lowest BCUT2D eigenvalue weighted by Crippen LogP contribution is -2.42. The van der Waals surface area contributed by atoms with E-state index in [9.17, 15) is 9.90 Å². The monoisotopic (exact) mass is 247 g/mol. The fourth-order valence-corrected chi connectivity index (χ4v) is 1.81. The maximum Gasteiger partial charge on any atom is 0.347 e. The van der Waals surface area contributed by atoms with Crippen LogP contribution in [0.3, 0.4) is 0 Å². The molecule has 4 heteroatoms. The minimum Gasteiger partial charge on any atom is -0.478 e. The number of benzene rings is 1. The minimum absolute atomic E-state index is 0.212. The summed E-state index contributed by atoms with van der Waals surface area (Å²) in [5, 5.41) is 17.9. The lowest BCUT2D eigenvalue weighted by atomic mass is 9.94. The molecular weight excluding hydrogens is 230 g/mol. The maximum absolute atomic E-state index is 11.3. The molecule has 0 aliphatic carbocycles. The summed E-state index contributed by atoms with van der Waals surface area (Å²) in [4.78, 5) is 11.3. The maximum atomic E-state index is 11.3. The first-order valence-electron chi connectivity index (χ1n) is 5.80. The van der Waals surface area contributed by atoms with Crippen LogP contribution < -0.4 is 4.74 Å². The molecule has 0 radical (unpaired) electrons. The summed E-state index contributed by atoms with van der Waals surface area (Å²) < 4.78 is 5.56. The summed E-state index contributed by atoms with van der Waals surface area (Å²) in [6.45, 7) is 5.46. The molecule has 1 atom stereocenters. The van der Waals surface area contributed by atoms with Gasteiger partial charge in [0.05, 0.1) is 11.6 Å². The van der Waals surface area contributed by atoms with Gasteiger partial charge >= 0.3 is 5.97 Å². The fourth-order valence-electron chi connectivity index (χ4n) is 1.81. The third-order valence-electron chi connectivity index (χ3n) is 2.58. The summed E-state index contributed by atoms with van der Waals surface area (Å²) in [6, 6.07) is 8.43. The summed E-state index contributed by atoms with van der Waals surface area (Å²) in [5.41, 5.74) is -0.731. The van der Waals surface area contributed by atoms with Crippen LogP contribution in [0.15, 0.2) is 24.3 Å². The van der Waals surface area contributed by atoms with Crippen LogP contribution in [0.1, 0.15) is 32.8 Å². The van der Waals surface area contributed by atoms with Gasteiger partial charge in [-0.25, -0.2) is 4.79 Å². The summed E-state index contributed by atoms with van der Waals surface area (Å²) >= 11 is 0. The Morgan fingerprint density at radius 1 is 1.44 bits per heavy atom. The largest absolute Gasteiger partial charge is 0.478 e. The van der Waals surface area contributed by atoms with Crippen molar-refractivity contribution in [3.8, 4) is 11.8 Å². The number of carbonyl (C=O) groups is 1. The number of hydrogen-bond donors (Lipinski definition) is 1. The topological polar surface area (TPSA) is 70.3 Å². The molecule has 0 saturated carbocycles. The third kappa shape index (κ3) is 3.49. The second-order valence-corrected chi connectivity index (χ2v) is 4.87. The molecule has 0 aliphatic heterocycles. The number of aliphatic carboxylic acids is 1. The molecule has 0 fully saturated rings. The number of carboxylic acids is 1. The van der Waals surface area contributed by atoms with E-state index >= 15 is 0 Å². The molecule has 0 amide bonds. The quantitative estimate of drug-likeness (QED) is 0.868. The van der Waals surface area contributed by atoms with Gasteiger partial charge in [0.2, 0.25) is 5.60 Å². The average Bonchev–Trinajstić information content (AvgIpc) is 2.28. The predicted octanol–water partition coefficient (Wildman–Crippen LogP) is 2.83. The van der Waals surface area contributed by atoms with E-state index in [0.717, 1.165) is 0 Å². The number of rotatable bonds is 5. The van der Waals surface area contributed by atoms with Gasteiger partial charge in [-0.05, 0) is 37.1 Å². The van der Waals surface area contributed by atoms with Gasteiger partial charge in [0.1, 0.15) is 5.75 Å². The first-order valence-corrected chi connectivity index (χ1v) is 5.80. The Bertz CT molecular complexity index is 459. The summed E-state index contributed by atoms with van der Waals surface area (Å²) in [7, 11) is 0. The predicted molar refractivity (Wildman–Crippen MR) is 67.3 cm³/mol. The first kappa shape index (κ1) is 14.0. The molecule has 0 aliphatic rings. The van der Waals surface area contributed by atoms with E-state index in [0.29, 0.717) is 17.7 Å². The van der Waals surface area contributed by atoms with Crippen LogP contribution in [-0.2, 0) is 4.79 Å². The molecule has 1 rings (SSSR count). The van der Waals surface area contributed by atoms with Crippen LogP contribution >= 0.6 is 0 Å². The van der Waals surface area contributed by atoms with Crippen molar-refractivity contribution < 1.29 is 14.6 Å². The lowest BCUT2D eigenvalue weighted by molar-refractivity contribution is -0.155. The highest BCUT2D eigenvalue weighted by Crippen LogP contribution is 2.25. The Kier molecular flexibility index (Phi) is 4.33. The van der Waals surface area contributed by atoms with Gasteiger partial charge in [-0.2, -0.15) is 5.26 Å². The van der Waals surface area contributed by atoms with Crippen LogP contribution in [0.2, 0.25) is 0 Å². The second kappa shape index (κ2) is 5.54. The first-order chi connectivity index (χ1) is 8.37. The molecule has 4 nitrogen and oxygen atoms in total. The number of hydrogen-bond acceptors (Lipinski definition) is 3. The van der Waals surface area contributed by atoms with E-state index in [4.69, 9.17) is 10.00 Å². The third-order valence-corrected chi connectivity index (χ3v) is 2.58. The smallest absolute Gasteiger partial charge is 0.347 e. The Morgan fingerprint density at radius 3 is 2.39 bits per heavy atom. The minimum atomic E-state index is -1.25. The number of ether oxygens (including phenoxy) is 1. The van der Waals surface area contributed by atoms with Gasteiger partial charge in [0.15, 0.2) is 0 Å². The van der Waals surface area contributed by atoms with E-state index in [1.165, 1.54) is 0 Å². The molecule has 0 saturated heterocycles. The van der Waals surface area contributed by atoms with Crippen molar-refractivity contribution in [2.24, 2.45) is 5.92 Å². The Morgan fingerprint density at radius 2 is 2.00 bits per heavy atom. The van der Waals surface area contributed by atoms with Crippen molar-refractivity contribution in [3.05, 3.63) is 29.8 Å². The molecule has 1 aromatic rings. The highest BCUT2D eigenvalue weighted by molar-refractivity contribution is 5.77. The van der Waals surface area contributed by atoms with Crippen molar-refractivity contribution in [2.45, 2.75) is 32.8 Å². The molecule has 0 aromatic heterocycles. The van der Waals surface area contributed by atoms with Crippen LogP contribution in [-0.4, -0.2) is 16.7 Å². The molecule has 96 valence electrons. The highest BCUT2D eigenvalue weighted by Gasteiger charge is 2.36. The molecule has 1 aromatic carbocycles.